The summed E-state index contributed by atoms with van der Waals surface area (Å²) >= 11 is 0. The second kappa shape index (κ2) is 11.8. The molecule has 1 saturated carbocycles. The molecule has 0 unspecified atom stereocenters. The van der Waals surface area contributed by atoms with Gasteiger partial charge in [-0.1, -0.05) is 13.0 Å². The average molecular weight is 499 g/mol. The van der Waals surface area contributed by atoms with E-state index in [0.717, 1.165) is 49.7 Å². The van der Waals surface area contributed by atoms with Gasteiger partial charge in [-0.05, 0) is 31.2 Å². The predicted octanol–water partition coefficient (Wildman–Crippen LogP) is 2.54. The van der Waals surface area contributed by atoms with E-state index in [1.54, 1.807) is 13.4 Å². The van der Waals surface area contributed by atoms with E-state index in [1.165, 1.54) is 12.8 Å². The van der Waals surface area contributed by atoms with E-state index in [1.807, 2.05) is 22.9 Å². The smallest absolute Gasteiger partial charge is 0.213 e. The zero-order chi connectivity index (χ0) is 18.9. The highest BCUT2D eigenvalue weighted by molar-refractivity contribution is 14.0. The Hall–Kier alpha value is -1.91. The molecule has 0 amide bonds. The van der Waals surface area contributed by atoms with Crippen molar-refractivity contribution in [1.29, 1.82) is 0 Å². The first kappa shape index (κ1) is 22.4. The van der Waals surface area contributed by atoms with E-state index in [9.17, 15) is 0 Å². The van der Waals surface area contributed by atoms with Crippen molar-refractivity contribution in [1.82, 2.24) is 30.4 Å². The zero-order valence-electron chi connectivity index (χ0n) is 16.6. The maximum atomic E-state index is 5.90. The minimum atomic E-state index is 0. The van der Waals surface area contributed by atoms with Gasteiger partial charge in [0.1, 0.15) is 18.3 Å². The molecule has 8 nitrogen and oxygen atoms in total. The summed E-state index contributed by atoms with van der Waals surface area (Å²) in [5.74, 6) is 2.46. The Labute approximate surface area is 183 Å². The van der Waals surface area contributed by atoms with Gasteiger partial charge in [-0.3, -0.25) is 4.99 Å². The Morgan fingerprint density at radius 1 is 1.29 bits per heavy atom. The number of hydrogen-bond acceptors (Lipinski definition) is 5. The second-order valence-electron chi connectivity index (χ2n) is 6.68. The lowest BCUT2D eigenvalue weighted by molar-refractivity contribution is 0.201. The molecular weight excluding hydrogens is 469 g/mol. The second-order valence-corrected chi connectivity index (χ2v) is 6.68. The fraction of sp³-hybridized carbons (Fsp3) is 0.579. The monoisotopic (exact) mass is 499 g/mol. The van der Waals surface area contributed by atoms with Crippen LogP contribution in [-0.4, -0.2) is 45.4 Å². The molecule has 0 spiro atoms. The highest BCUT2D eigenvalue weighted by Crippen LogP contribution is 2.22. The number of pyridine rings is 1. The molecule has 28 heavy (non-hydrogen) atoms. The van der Waals surface area contributed by atoms with Crippen LogP contribution in [-0.2, 0) is 19.5 Å². The number of aryl methyl sites for hydroxylation is 1. The molecule has 0 bridgehead atoms. The first-order valence-electron chi connectivity index (χ1n) is 9.71. The maximum Gasteiger partial charge on any atom is 0.213 e. The summed E-state index contributed by atoms with van der Waals surface area (Å²) in [5, 5.41) is 14.6. The van der Waals surface area contributed by atoms with Crippen LogP contribution < -0.4 is 15.4 Å². The maximum absolute atomic E-state index is 5.90. The van der Waals surface area contributed by atoms with Crippen LogP contribution in [0, 0.1) is 0 Å². The Morgan fingerprint density at radius 3 is 2.79 bits per heavy atom. The SMILES string of the molecule is CCc1nncn1CCNC(=NC)NCc1ccc(OC2CCCC2)nc1.I. The van der Waals surface area contributed by atoms with E-state index >= 15 is 0 Å². The summed E-state index contributed by atoms with van der Waals surface area (Å²) in [6.07, 6.45) is 9.63. The van der Waals surface area contributed by atoms with Crippen molar-refractivity contribution in [2.45, 2.75) is 58.2 Å². The van der Waals surface area contributed by atoms with Gasteiger partial charge in [0.2, 0.25) is 5.88 Å². The van der Waals surface area contributed by atoms with Gasteiger partial charge in [0.15, 0.2) is 5.96 Å². The summed E-state index contributed by atoms with van der Waals surface area (Å²) in [6, 6.07) is 3.99. The van der Waals surface area contributed by atoms with Gasteiger partial charge in [-0.25, -0.2) is 4.98 Å². The van der Waals surface area contributed by atoms with Gasteiger partial charge in [0.25, 0.3) is 0 Å². The lowest BCUT2D eigenvalue weighted by Gasteiger charge is -2.14. The number of aromatic nitrogens is 4. The molecule has 0 radical (unpaired) electrons. The summed E-state index contributed by atoms with van der Waals surface area (Å²) in [5.41, 5.74) is 1.09. The van der Waals surface area contributed by atoms with Crippen LogP contribution in [0.4, 0.5) is 0 Å². The summed E-state index contributed by atoms with van der Waals surface area (Å²) in [4.78, 5) is 8.68. The molecule has 2 N–H and O–H groups in total. The Morgan fingerprint density at radius 2 is 2.11 bits per heavy atom. The quantitative estimate of drug-likeness (QED) is 0.330. The molecule has 0 aromatic carbocycles. The van der Waals surface area contributed by atoms with Gasteiger partial charge in [0, 0.05) is 45.4 Å². The molecule has 1 aliphatic rings. The van der Waals surface area contributed by atoms with Crippen molar-refractivity contribution in [2.75, 3.05) is 13.6 Å². The number of nitrogens with zero attached hydrogens (tertiary/aromatic N) is 5. The number of halogens is 1. The summed E-state index contributed by atoms with van der Waals surface area (Å²) in [6.45, 7) is 4.28. The highest BCUT2D eigenvalue weighted by Gasteiger charge is 2.16. The molecule has 154 valence electrons. The molecule has 2 heterocycles. The molecule has 2 aromatic heterocycles. The van der Waals surface area contributed by atoms with Gasteiger partial charge >= 0.3 is 0 Å². The summed E-state index contributed by atoms with van der Waals surface area (Å²) < 4.78 is 7.95. The Kier molecular flexibility index (Phi) is 9.45. The van der Waals surface area contributed by atoms with Crippen molar-refractivity contribution in [3.05, 3.63) is 36.0 Å². The number of guanidine groups is 1. The van der Waals surface area contributed by atoms with E-state index in [-0.39, 0.29) is 24.0 Å². The molecule has 0 saturated heterocycles. The lowest BCUT2D eigenvalue weighted by Crippen LogP contribution is -2.38. The molecule has 0 atom stereocenters. The van der Waals surface area contributed by atoms with E-state index in [4.69, 9.17) is 4.74 Å². The lowest BCUT2D eigenvalue weighted by atomic mass is 10.3. The number of rotatable bonds is 8. The minimum Gasteiger partial charge on any atom is -0.474 e. The van der Waals surface area contributed by atoms with Crippen LogP contribution in [0.5, 0.6) is 5.88 Å². The molecule has 0 aliphatic heterocycles. The summed E-state index contributed by atoms with van der Waals surface area (Å²) in [7, 11) is 1.77. The third kappa shape index (κ3) is 6.61. The molecule has 3 rings (SSSR count). The number of nitrogens with one attached hydrogen (secondary N) is 2. The number of ether oxygens (including phenoxy) is 1. The molecule has 1 aliphatic carbocycles. The van der Waals surface area contributed by atoms with Crippen LogP contribution in [0.2, 0.25) is 0 Å². The first-order chi connectivity index (χ1) is 13.3. The molecule has 1 fully saturated rings. The van der Waals surface area contributed by atoms with Crippen molar-refractivity contribution >= 4 is 29.9 Å². The van der Waals surface area contributed by atoms with Gasteiger partial charge in [-0.15, -0.1) is 34.2 Å². The third-order valence-electron chi connectivity index (χ3n) is 4.73. The largest absolute Gasteiger partial charge is 0.474 e. The normalized spacial score (nSPS) is 14.6. The van der Waals surface area contributed by atoms with Crippen molar-refractivity contribution in [2.24, 2.45) is 4.99 Å². The highest BCUT2D eigenvalue weighted by atomic mass is 127. The van der Waals surface area contributed by atoms with E-state index < -0.39 is 0 Å². The number of hydrogen-bond donors (Lipinski definition) is 2. The third-order valence-corrected chi connectivity index (χ3v) is 4.73. The Balaban J connectivity index is 0.00000280. The fourth-order valence-electron chi connectivity index (χ4n) is 3.20. The van der Waals surface area contributed by atoms with Crippen LogP contribution in [0.1, 0.15) is 44.0 Å². The van der Waals surface area contributed by atoms with Crippen LogP contribution in [0.25, 0.3) is 0 Å². The van der Waals surface area contributed by atoms with Gasteiger partial charge in [0.05, 0.1) is 0 Å². The van der Waals surface area contributed by atoms with Crippen molar-refractivity contribution < 1.29 is 4.74 Å². The van der Waals surface area contributed by atoms with Gasteiger partial charge < -0.3 is 19.9 Å². The first-order valence-corrected chi connectivity index (χ1v) is 9.71. The Bertz CT molecular complexity index is 726. The minimum absolute atomic E-state index is 0. The van der Waals surface area contributed by atoms with E-state index in [2.05, 4.69) is 37.7 Å². The van der Waals surface area contributed by atoms with Crippen LogP contribution in [0.3, 0.4) is 0 Å². The number of aliphatic imine (C=N–C) groups is 1. The standard InChI is InChI=1S/C19H29N7O.HI/c1-3-17-25-24-14-26(17)11-10-21-19(20-2)23-13-15-8-9-18(22-12-15)27-16-6-4-5-7-16;/h8-9,12,14,16H,3-7,10-11,13H2,1-2H3,(H2,20,21,23);1H. The average Bonchev–Trinajstić information content (AvgIpc) is 3.37. The van der Waals surface area contributed by atoms with E-state index in [0.29, 0.717) is 18.5 Å². The predicted molar refractivity (Wildman–Crippen MR) is 120 cm³/mol. The molecule has 9 heteroatoms. The van der Waals surface area contributed by atoms with Crippen molar-refractivity contribution in [3.63, 3.8) is 0 Å². The van der Waals surface area contributed by atoms with Crippen LogP contribution >= 0.6 is 24.0 Å². The zero-order valence-corrected chi connectivity index (χ0v) is 18.9. The van der Waals surface area contributed by atoms with Crippen LogP contribution in [0.15, 0.2) is 29.6 Å². The van der Waals surface area contributed by atoms with Gasteiger partial charge in [-0.2, -0.15) is 0 Å². The molecule has 2 aromatic rings. The topological polar surface area (TPSA) is 89.2 Å². The van der Waals surface area contributed by atoms with Crippen molar-refractivity contribution in [3.8, 4) is 5.88 Å². The fourth-order valence-corrected chi connectivity index (χ4v) is 3.20. The molecular formula is C19H30IN7O.